The summed E-state index contributed by atoms with van der Waals surface area (Å²) < 4.78 is 0. The van der Waals surface area contributed by atoms with Crippen molar-refractivity contribution in [3.8, 4) is 0 Å². The monoisotopic (exact) mass is 268 g/mol. The predicted octanol–water partition coefficient (Wildman–Crippen LogP) is 2.89. The van der Waals surface area contributed by atoms with Crippen LogP contribution in [-0.2, 0) is 4.79 Å². The van der Waals surface area contributed by atoms with Crippen LogP contribution in [0, 0.1) is 5.92 Å². The van der Waals surface area contributed by atoms with Gasteiger partial charge in [0.15, 0.2) is 0 Å². The number of halogens is 1. The minimum atomic E-state index is -0.472. The number of carbonyl (C=O) groups excluding carboxylic acids is 1. The van der Waals surface area contributed by atoms with Gasteiger partial charge in [-0.1, -0.05) is 50.1 Å². The molecule has 0 spiro atoms. The number of hydrogen-bond donors (Lipinski definition) is 2. The smallest absolute Gasteiger partial charge is 0.237 e. The SMILES string of the molecule is CC[C@H](C)[C@H](N)C(=O)N[C@H](C)c1ccccc1Cl. The number of nitrogens with two attached hydrogens (primary N) is 1. The summed E-state index contributed by atoms with van der Waals surface area (Å²) >= 11 is 6.09. The van der Waals surface area contributed by atoms with Crippen LogP contribution in [0.25, 0.3) is 0 Å². The fraction of sp³-hybridized carbons (Fsp3) is 0.500. The van der Waals surface area contributed by atoms with E-state index < -0.39 is 6.04 Å². The maximum absolute atomic E-state index is 12.0. The topological polar surface area (TPSA) is 55.1 Å². The molecule has 0 aliphatic rings. The van der Waals surface area contributed by atoms with Gasteiger partial charge in [0.05, 0.1) is 12.1 Å². The average Bonchev–Trinajstić information content (AvgIpc) is 2.37. The van der Waals surface area contributed by atoms with E-state index in [2.05, 4.69) is 5.32 Å². The Balaban J connectivity index is 2.68. The molecule has 0 bridgehead atoms. The molecule has 3 N–H and O–H groups in total. The van der Waals surface area contributed by atoms with Crippen LogP contribution in [0.5, 0.6) is 0 Å². The Morgan fingerprint density at radius 1 is 1.39 bits per heavy atom. The van der Waals surface area contributed by atoms with Crippen LogP contribution in [0.3, 0.4) is 0 Å². The first kappa shape index (κ1) is 15.0. The van der Waals surface area contributed by atoms with Gasteiger partial charge in [0.1, 0.15) is 0 Å². The molecule has 0 radical (unpaired) electrons. The van der Waals surface area contributed by atoms with Gasteiger partial charge in [0.25, 0.3) is 0 Å². The van der Waals surface area contributed by atoms with Gasteiger partial charge in [-0.3, -0.25) is 4.79 Å². The summed E-state index contributed by atoms with van der Waals surface area (Å²) in [6.45, 7) is 5.90. The molecule has 18 heavy (non-hydrogen) atoms. The van der Waals surface area contributed by atoms with Crippen LogP contribution >= 0.6 is 11.6 Å². The highest BCUT2D eigenvalue weighted by atomic mass is 35.5. The lowest BCUT2D eigenvalue weighted by atomic mass is 9.98. The van der Waals surface area contributed by atoms with Crippen molar-refractivity contribution in [2.45, 2.75) is 39.3 Å². The molecule has 0 aliphatic carbocycles. The molecule has 1 amide bonds. The second-order valence-corrected chi connectivity index (χ2v) is 5.07. The van der Waals surface area contributed by atoms with E-state index in [-0.39, 0.29) is 17.9 Å². The Kier molecular flexibility index (Phi) is 5.63. The standard InChI is InChI=1S/C14H21ClN2O/c1-4-9(2)13(16)14(18)17-10(3)11-7-5-6-8-12(11)15/h5-10,13H,4,16H2,1-3H3,(H,17,18)/t9-,10+,13-/m0/s1. The highest BCUT2D eigenvalue weighted by Crippen LogP contribution is 2.22. The van der Waals surface area contributed by atoms with Crippen molar-refractivity contribution in [1.82, 2.24) is 5.32 Å². The third-order valence-corrected chi connectivity index (χ3v) is 3.63. The summed E-state index contributed by atoms with van der Waals surface area (Å²) in [5, 5.41) is 3.56. The Morgan fingerprint density at radius 2 is 2.00 bits per heavy atom. The molecule has 4 heteroatoms. The fourth-order valence-corrected chi connectivity index (χ4v) is 2.03. The molecular weight excluding hydrogens is 248 g/mol. The summed E-state index contributed by atoms with van der Waals surface area (Å²) in [5.41, 5.74) is 6.80. The molecular formula is C14H21ClN2O. The summed E-state index contributed by atoms with van der Waals surface area (Å²) in [6.07, 6.45) is 0.884. The molecule has 0 aliphatic heterocycles. The molecule has 0 saturated carbocycles. The van der Waals surface area contributed by atoms with Gasteiger partial charge >= 0.3 is 0 Å². The fourth-order valence-electron chi connectivity index (χ4n) is 1.73. The number of benzene rings is 1. The molecule has 3 atom stereocenters. The maximum Gasteiger partial charge on any atom is 0.237 e. The van der Waals surface area contributed by atoms with Gasteiger partial charge < -0.3 is 11.1 Å². The highest BCUT2D eigenvalue weighted by molar-refractivity contribution is 6.31. The first-order chi connectivity index (χ1) is 8.47. The van der Waals surface area contributed by atoms with Gasteiger partial charge in [-0.15, -0.1) is 0 Å². The highest BCUT2D eigenvalue weighted by Gasteiger charge is 2.21. The van der Waals surface area contributed by atoms with Gasteiger partial charge in [-0.2, -0.15) is 0 Å². The lowest BCUT2D eigenvalue weighted by molar-refractivity contribution is -0.124. The van der Waals surface area contributed by atoms with Crippen LogP contribution in [0.1, 0.15) is 38.8 Å². The second-order valence-electron chi connectivity index (χ2n) is 4.66. The molecule has 3 nitrogen and oxygen atoms in total. The van der Waals surface area contributed by atoms with Crippen molar-refractivity contribution >= 4 is 17.5 Å². The summed E-state index contributed by atoms with van der Waals surface area (Å²) in [7, 11) is 0. The van der Waals surface area contributed by atoms with Crippen LogP contribution in [0.2, 0.25) is 5.02 Å². The van der Waals surface area contributed by atoms with E-state index in [1.54, 1.807) is 0 Å². The molecule has 1 aromatic rings. The van der Waals surface area contributed by atoms with Crippen LogP contribution in [-0.4, -0.2) is 11.9 Å². The molecule has 0 fully saturated rings. The Hall–Kier alpha value is -1.06. The first-order valence-corrected chi connectivity index (χ1v) is 6.65. The van der Waals surface area contributed by atoms with Crippen LogP contribution in [0.15, 0.2) is 24.3 Å². The summed E-state index contributed by atoms with van der Waals surface area (Å²) in [6, 6.07) is 6.88. The van der Waals surface area contributed by atoms with Gasteiger partial charge in [0.2, 0.25) is 5.91 Å². The third kappa shape index (κ3) is 3.72. The van der Waals surface area contributed by atoms with Crippen molar-refractivity contribution in [2.75, 3.05) is 0 Å². The molecule has 100 valence electrons. The minimum absolute atomic E-state index is 0.128. The first-order valence-electron chi connectivity index (χ1n) is 6.27. The van der Waals surface area contributed by atoms with Gasteiger partial charge in [-0.25, -0.2) is 0 Å². The second kappa shape index (κ2) is 6.76. The lowest BCUT2D eigenvalue weighted by Gasteiger charge is -2.21. The summed E-state index contributed by atoms with van der Waals surface area (Å²) in [5.74, 6) is 0.0419. The predicted molar refractivity (Wildman–Crippen MR) is 75.4 cm³/mol. The van der Waals surface area contributed by atoms with E-state index in [9.17, 15) is 4.79 Å². The molecule has 0 unspecified atom stereocenters. The van der Waals surface area contributed by atoms with Crippen LogP contribution in [0.4, 0.5) is 0 Å². The quantitative estimate of drug-likeness (QED) is 0.863. The molecule has 1 rings (SSSR count). The number of rotatable bonds is 5. The van der Waals surface area contributed by atoms with E-state index in [1.165, 1.54) is 0 Å². The minimum Gasteiger partial charge on any atom is -0.348 e. The summed E-state index contributed by atoms with van der Waals surface area (Å²) in [4.78, 5) is 12.0. The van der Waals surface area contributed by atoms with E-state index in [4.69, 9.17) is 17.3 Å². The van der Waals surface area contributed by atoms with E-state index in [1.807, 2.05) is 45.0 Å². The van der Waals surface area contributed by atoms with Gasteiger partial charge in [0, 0.05) is 5.02 Å². The van der Waals surface area contributed by atoms with Gasteiger partial charge in [-0.05, 0) is 24.5 Å². The van der Waals surface area contributed by atoms with Crippen molar-refractivity contribution in [3.63, 3.8) is 0 Å². The zero-order valence-corrected chi connectivity index (χ0v) is 11.9. The van der Waals surface area contributed by atoms with E-state index in [0.717, 1.165) is 12.0 Å². The average molecular weight is 269 g/mol. The molecule has 0 aromatic heterocycles. The van der Waals surface area contributed by atoms with Crippen molar-refractivity contribution in [3.05, 3.63) is 34.9 Å². The number of carbonyl (C=O) groups is 1. The van der Waals surface area contributed by atoms with Crippen molar-refractivity contribution in [2.24, 2.45) is 11.7 Å². The largest absolute Gasteiger partial charge is 0.348 e. The number of nitrogens with one attached hydrogen (secondary N) is 1. The van der Waals surface area contributed by atoms with E-state index in [0.29, 0.717) is 5.02 Å². The molecule has 1 aromatic carbocycles. The third-order valence-electron chi connectivity index (χ3n) is 3.29. The molecule has 0 heterocycles. The number of hydrogen-bond acceptors (Lipinski definition) is 2. The van der Waals surface area contributed by atoms with Crippen molar-refractivity contribution in [1.29, 1.82) is 0 Å². The molecule has 0 saturated heterocycles. The zero-order valence-electron chi connectivity index (χ0n) is 11.1. The zero-order chi connectivity index (χ0) is 13.7. The van der Waals surface area contributed by atoms with Crippen molar-refractivity contribution < 1.29 is 4.79 Å². The Labute approximate surface area is 114 Å². The normalized spacial score (nSPS) is 15.8. The van der Waals surface area contributed by atoms with E-state index >= 15 is 0 Å². The Morgan fingerprint density at radius 3 is 2.56 bits per heavy atom. The number of amides is 1. The Bertz CT molecular complexity index is 409. The maximum atomic E-state index is 12.0. The van der Waals surface area contributed by atoms with Crippen LogP contribution < -0.4 is 11.1 Å². The lowest BCUT2D eigenvalue weighted by Crippen LogP contribution is -2.45.